The summed E-state index contributed by atoms with van der Waals surface area (Å²) < 4.78 is 25.5. The van der Waals surface area contributed by atoms with Gasteiger partial charge in [0.05, 0.1) is 35.5 Å². The molecule has 0 radical (unpaired) electrons. The SMILES string of the molecule is COC1/C=C/O[C@@]2(C)Oc3c(C)c(O)c4c(O)c(c5c(nc6cc(C)ccn65)c4c3C2=O)NC(=O)/C(C)=C/C=C/[C@H](C)[C@H](O)[C@@H](C)[C@@H](O)C(C)[C@H](OC(C)=O)[C@H]1C. The molecule has 2 aliphatic rings. The van der Waals surface area contributed by atoms with Crippen LogP contribution in [0.5, 0.6) is 17.2 Å². The number of aliphatic hydroxyl groups excluding tert-OH is 2. The number of pyridine rings is 1. The predicted molar refractivity (Wildman–Crippen MR) is 213 cm³/mol. The maximum atomic E-state index is 14.6. The van der Waals surface area contributed by atoms with Crippen molar-refractivity contribution in [1.82, 2.24) is 9.38 Å². The number of methoxy groups -OCH3 is 1. The number of ether oxygens (including phenoxy) is 4. The Morgan fingerprint density at radius 1 is 0.982 bits per heavy atom. The van der Waals surface area contributed by atoms with Crippen molar-refractivity contribution in [2.45, 2.75) is 92.5 Å². The highest BCUT2D eigenvalue weighted by Gasteiger charge is 2.50. The number of nitrogens with one attached hydrogen (secondary N) is 1. The number of amides is 1. The summed E-state index contributed by atoms with van der Waals surface area (Å²) in [6.07, 6.45) is 5.62. The van der Waals surface area contributed by atoms with Crippen molar-refractivity contribution in [2.24, 2.45) is 23.7 Å². The topological polar surface area (TPSA) is 198 Å². The number of esters is 1. The molecule has 0 spiro atoms. The molecule has 2 unspecified atom stereocenters. The fraction of sp³-hybridized carbons (Fsp3) is 0.442. The third-order valence-electron chi connectivity index (χ3n) is 11.5. The highest BCUT2D eigenvalue weighted by Crippen LogP contribution is 2.54. The molecule has 2 aromatic heterocycles. The number of carbonyl (C=O) groups excluding carboxylic acids is 3. The number of phenolic OH excluding ortho intramolecular Hbond substituents is 2. The lowest BCUT2D eigenvalue weighted by Gasteiger charge is -2.38. The van der Waals surface area contributed by atoms with E-state index in [-0.39, 0.29) is 55.7 Å². The second kappa shape index (κ2) is 15.5. The average Bonchev–Trinajstić information content (AvgIpc) is 3.67. The van der Waals surface area contributed by atoms with Crippen molar-refractivity contribution >= 4 is 50.8 Å². The Labute approximate surface area is 330 Å². The number of hydrogen-bond donors (Lipinski definition) is 5. The molecule has 57 heavy (non-hydrogen) atoms. The molecule has 2 aliphatic heterocycles. The maximum Gasteiger partial charge on any atom is 0.312 e. The van der Waals surface area contributed by atoms with Gasteiger partial charge in [0.1, 0.15) is 40.0 Å². The third kappa shape index (κ3) is 7.10. The fourth-order valence-corrected chi connectivity index (χ4v) is 8.03. The first-order valence-electron chi connectivity index (χ1n) is 19.0. The molecule has 0 aliphatic carbocycles. The summed E-state index contributed by atoms with van der Waals surface area (Å²) in [5.74, 6) is -6.96. The van der Waals surface area contributed by atoms with E-state index in [2.05, 4.69) is 5.32 Å². The van der Waals surface area contributed by atoms with E-state index >= 15 is 0 Å². The predicted octanol–water partition coefficient (Wildman–Crippen LogP) is 6.16. The molecule has 0 saturated carbocycles. The van der Waals surface area contributed by atoms with Gasteiger partial charge < -0.3 is 44.7 Å². The van der Waals surface area contributed by atoms with Crippen LogP contribution in [-0.2, 0) is 23.8 Å². The highest BCUT2D eigenvalue weighted by molar-refractivity contribution is 6.28. The van der Waals surface area contributed by atoms with E-state index in [9.17, 15) is 34.8 Å². The van der Waals surface area contributed by atoms with Crippen molar-refractivity contribution in [3.05, 3.63) is 71.2 Å². The molecule has 0 saturated heterocycles. The Balaban J connectivity index is 1.58. The summed E-state index contributed by atoms with van der Waals surface area (Å²) in [6, 6.07) is 3.64. The number of benzene rings is 2. The molecular formula is C43H51N3O11. The van der Waals surface area contributed by atoms with E-state index < -0.39 is 77.3 Å². The Morgan fingerprint density at radius 3 is 2.35 bits per heavy atom. The number of aliphatic hydroxyl groups is 2. The number of allylic oxidation sites excluding steroid dienone is 2. The van der Waals surface area contributed by atoms with E-state index in [1.165, 1.54) is 40.2 Å². The van der Waals surface area contributed by atoms with E-state index in [0.29, 0.717) is 5.65 Å². The molecule has 0 fully saturated rings. The quantitative estimate of drug-likeness (QED) is 0.115. The standard InChI is InChI=1S/C43H51N3O11/c1-19-14-16-46-28(18-19)44-32-29-30-37(50)25(7)40-31(29)41(52)43(9,57-40)55-17-15-27(54-10)22(4)39(56-26(8)47)24(6)36(49)23(5)35(48)20(2)12-11-13-21(3)42(53)45-33(34(32)46)38(30)51/h11-18,20,22-24,27,35-36,39,48-51H,1-10H3,(H,45,53)/b12-11+,17-15+,21-13+/t20-,22-,23+,24?,27?,35-,36+,39+,43-/m0/s1. The number of rotatable bonds is 2. The van der Waals surface area contributed by atoms with Gasteiger partial charge in [-0.05, 0) is 44.5 Å². The van der Waals surface area contributed by atoms with Gasteiger partial charge in [-0.25, -0.2) is 4.98 Å². The number of hydrogen-bond acceptors (Lipinski definition) is 12. The minimum absolute atomic E-state index is 0.0185. The van der Waals surface area contributed by atoms with E-state index in [0.717, 1.165) is 5.56 Å². The van der Waals surface area contributed by atoms with E-state index in [1.807, 2.05) is 19.1 Å². The molecule has 9 atom stereocenters. The molecule has 5 N–H and O–H groups in total. The van der Waals surface area contributed by atoms with E-state index in [1.54, 1.807) is 63.4 Å². The summed E-state index contributed by atoms with van der Waals surface area (Å²) in [6.45, 7) is 14.7. The molecule has 304 valence electrons. The molecule has 4 heterocycles. The number of carbonyl (C=O) groups is 3. The van der Waals surface area contributed by atoms with Gasteiger partial charge in [0.2, 0.25) is 0 Å². The number of ketones is 1. The van der Waals surface area contributed by atoms with Crippen LogP contribution in [0.2, 0.25) is 0 Å². The number of fused-ring (bicyclic) bond motifs is 2. The molecule has 4 aromatic rings. The van der Waals surface area contributed by atoms with Crippen molar-refractivity contribution in [2.75, 3.05) is 12.4 Å². The lowest BCUT2D eigenvalue weighted by Crippen LogP contribution is -2.46. The zero-order valence-electron chi connectivity index (χ0n) is 33.8. The lowest BCUT2D eigenvalue weighted by molar-refractivity contribution is -0.160. The van der Waals surface area contributed by atoms with Gasteiger partial charge in [-0.3, -0.25) is 18.8 Å². The number of Topliss-reactive ketones (excluding diaryl/α,β-unsaturated/α-hetero) is 1. The van der Waals surface area contributed by atoms with Crippen molar-refractivity contribution in [3.8, 4) is 17.2 Å². The van der Waals surface area contributed by atoms with Crippen molar-refractivity contribution in [3.63, 3.8) is 0 Å². The summed E-state index contributed by atoms with van der Waals surface area (Å²) in [4.78, 5) is 45.6. The first kappa shape index (κ1) is 41.2. The number of aryl methyl sites for hydroxylation is 1. The number of aromatic hydroxyl groups is 2. The van der Waals surface area contributed by atoms with Gasteiger partial charge in [0.15, 0.2) is 5.75 Å². The second-order valence-electron chi connectivity index (χ2n) is 15.6. The fourth-order valence-electron chi connectivity index (χ4n) is 8.03. The van der Waals surface area contributed by atoms with Crippen molar-refractivity contribution < 1.29 is 53.8 Å². The minimum atomic E-state index is -1.96. The van der Waals surface area contributed by atoms with Crippen LogP contribution >= 0.6 is 0 Å². The highest BCUT2D eigenvalue weighted by atomic mass is 16.7. The normalized spacial score (nSPS) is 30.8. The molecule has 2 aromatic carbocycles. The molecule has 14 heteroatoms. The number of anilines is 1. The molecule has 4 bridgehead atoms. The van der Waals surface area contributed by atoms with Gasteiger partial charge in [0, 0.05) is 67.3 Å². The first-order valence-corrected chi connectivity index (χ1v) is 19.0. The Kier molecular flexibility index (Phi) is 11.2. The monoisotopic (exact) mass is 785 g/mol. The maximum absolute atomic E-state index is 14.6. The van der Waals surface area contributed by atoms with Gasteiger partial charge in [-0.1, -0.05) is 45.9 Å². The van der Waals surface area contributed by atoms with Gasteiger partial charge in [-0.2, -0.15) is 0 Å². The molecule has 1 amide bonds. The molecule has 6 rings (SSSR count). The number of imidazole rings is 1. The van der Waals surface area contributed by atoms with Gasteiger partial charge >= 0.3 is 11.8 Å². The lowest BCUT2D eigenvalue weighted by atomic mass is 9.78. The zero-order chi connectivity index (χ0) is 41.8. The third-order valence-corrected chi connectivity index (χ3v) is 11.5. The summed E-state index contributed by atoms with van der Waals surface area (Å²) in [5, 5.41) is 49.4. The largest absolute Gasteiger partial charge is 0.507 e. The van der Waals surface area contributed by atoms with Crippen LogP contribution in [0.1, 0.15) is 70.0 Å². The van der Waals surface area contributed by atoms with Crippen LogP contribution in [0.3, 0.4) is 0 Å². The van der Waals surface area contributed by atoms with Crippen LogP contribution in [0.15, 0.2) is 54.5 Å². The summed E-state index contributed by atoms with van der Waals surface area (Å²) in [7, 11) is 1.46. The number of aromatic nitrogens is 2. The Morgan fingerprint density at radius 2 is 1.68 bits per heavy atom. The van der Waals surface area contributed by atoms with Crippen LogP contribution < -0.4 is 10.1 Å². The van der Waals surface area contributed by atoms with Gasteiger partial charge in [0.25, 0.3) is 11.7 Å². The van der Waals surface area contributed by atoms with Crippen LogP contribution in [0.25, 0.3) is 27.5 Å². The number of phenols is 2. The summed E-state index contributed by atoms with van der Waals surface area (Å²) in [5.41, 5.74) is 2.18. The van der Waals surface area contributed by atoms with Crippen LogP contribution in [-0.4, -0.2) is 84.8 Å². The van der Waals surface area contributed by atoms with Crippen LogP contribution in [0.4, 0.5) is 5.69 Å². The van der Waals surface area contributed by atoms with Crippen LogP contribution in [0, 0.1) is 37.5 Å². The average molecular weight is 786 g/mol. The number of nitrogens with zero attached hydrogens (tertiary/aromatic N) is 2. The van der Waals surface area contributed by atoms with Crippen molar-refractivity contribution in [1.29, 1.82) is 0 Å². The molecule has 14 nitrogen and oxygen atoms in total. The van der Waals surface area contributed by atoms with Gasteiger partial charge in [-0.15, -0.1) is 0 Å². The first-order chi connectivity index (χ1) is 26.8. The second-order valence-corrected chi connectivity index (χ2v) is 15.6. The Hall–Kier alpha value is -5.44. The van der Waals surface area contributed by atoms with E-state index in [4.69, 9.17) is 23.9 Å². The zero-order valence-corrected chi connectivity index (χ0v) is 33.8. The smallest absolute Gasteiger partial charge is 0.312 e. The molecular weight excluding hydrogens is 734 g/mol. The Bertz CT molecular complexity index is 2380. The minimum Gasteiger partial charge on any atom is -0.507 e. The summed E-state index contributed by atoms with van der Waals surface area (Å²) >= 11 is 0.